The fraction of sp³-hybridized carbons (Fsp3) is 0.700. The highest BCUT2D eigenvalue weighted by molar-refractivity contribution is 5.95. The van der Waals surface area contributed by atoms with Crippen molar-refractivity contribution in [1.82, 2.24) is 4.90 Å². The zero-order valence-electron chi connectivity index (χ0n) is 7.85. The van der Waals surface area contributed by atoms with Gasteiger partial charge in [0.1, 0.15) is 6.17 Å². The highest BCUT2D eigenvalue weighted by Crippen LogP contribution is 2.28. The van der Waals surface area contributed by atoms with Gasteiger partial charge in [-0.2, -0.15) is 0 Å². The summed E-state index contributed by atoms with van der Waals surface area (Å²) in [5.74, 6) is 0.0731. The average molecular weight is 183 g/mol. The van der Waals surface area contributed by atoms with Gasteiger partial charge in [0.05, 0.1) is 13.1 Å². The molecule has 3 heteroatoms. The van der Waals surface area contributed by atoms with Crippen LogP contribution >= 0.6 is 0 Å². The van der Waals surface area contributed by atoms with E-state index in [2.05, 4.69) is 0 Å². The van der Waals surface area contributed by atoms with Gasteiger partial charge in [0.25, 0.3) is 0 Å². The summed E-state index contributed by atoms with van der Waals surface area (Å²) in [6.07, 6.45) is 2.22. The molecule has 0 aromatic carbocycles. The summed E-state index contributed by atoms with van der Waals surface area (Å²) in [6.45, 7) is 2.61. The molecule has 0 atom stereocenters. The van der Waals surface area contributed by atoms with Crippen LogP contribution in [0.2, 0.25) is 0 Å². The Balaban J connectivity index is 2.01. The normalized spacial score (nSPS) is 23.7. The van der Waals surface area contributed by atoms with E-state index in [-0.39, 0.29) is 5.91 Å². The van der Waals surface area contributed by atoms with Crippen LogP contribution in [0.25, 0.3) is 0 Å². The predicted molar refractivity (Wildman–Crippen MR) is 48.0 cm³/mol. The van der Waals surface area contributed by atoms with E-state index in [4.69, 9.17) is 0 Å². The highest BCUT2D eigenvalue weighted by Gasteiger charge is 2.33. The van der Waals surface area contributed by atoms with Crippen molar-refractivity contribution < 1.29 is 9.18 Å². The molecule has 0 N–H and O–H groups in total. The molecule has 0 spiro atoms. The third-order valence-electron chi connectivity index (χ3n) is 2.88. The quantitative estimate of drug-likeness (QED) is 0.605. The average Bonchev–Trinajstić information content (AvgIpc) is 2.44. The van der Waals surface area contributed by atoms with Gasteiger partial charge >= 0.3 is 0 Å². The molecule has 1 fully saturated rings. The molecule has 2 nitrogen and oxygen atoms in total. The summed E-state index contributed by atoms with van der Waals surface area (Å²) in [6, 6.07) is 0. The molecule has 13 heavy (non-hydrogen) atoms. The molecule has 0 aromatic heterocycles. The van der Waals surface area contributed by atoms with Crippen LogP contribution in [0.15, 0.2) is 11.1 Å². The first kappa shape index (κ1) is 8.73. The number of likely N-dealkylation sites (tertiary alicyclic amines) is 1. The van der Waals surface area contributed by atoms with Gasteiger partial charge in [-0.3, -0.25) is 4.79 Å². The maximum absolute atomic E-state index is 12.5. The molecule has 0 unspecified atom stereocenters. The number of amides is 1. The Morgan fingerprint density at radius 2 is 2.15 bits per heavy atom. The van der Waals surface area contributed by atoms with Crippen molar-refractivity contribution in [3.8, 4) is 0 Å². The summed E-state index contributed by atoms with van der Waals surface area (Å²) in [4.78, 5) is 13.3. The summed E-state index contributed by atoms with van der Waals surface area (Å²) in [5.41, 5.74) is 2.14. The Morgan fingerprint density at radius 3 is 2.62 bits per heavy atom. The minimum Gasteiger partial charge on any atom is -0.333 e. The van der Waals surface area contributed by atoms with Gasteiger partial charge in [-0.05, 0) is 26.2 Å². The van der Waals surface area contributed by atoms with Crippen LogP contribution in [-0.4, -0.2) is 30.1 Å². The van der Waals surface area contributed by atoms with Crippen molar-refractivity contribution in [2.75, 3.05) is 13.1 Å². The molecule has 0 aromatic rings. The molecular formula is C10H14FNO. The minimum absolute atomic E-state index is 0.0731. The van der Waals surface area contributed by atoms with Crippen molar-refractivity contribution in [2.24, 2.45) is 0 Å². The van der Waals surface area contributed by atoms with Crippen molar-refractivity contribution in [2.45, 2.75) is 32.4 Å². The molecule has 1 amide bonds. The maximum Gasteiger partial charge on any atom is 0.249 e. The molecule has 72 valence electrons. The smallest absolute Gasteiger partial charge is 0.249 e. The number of allylic oxidation sites excluding steroid dienone is 1. The molecule has 1 saturated heterocycles. The Bertz CT molecular complexity index is 266. The predicted octanol–water partition coefficient (Wildman–Crippen LogP) is 1.67. The number of alkyl halides is 1. The summed E-state index contributed by atoms with van der Waals surface area (Å²) < 4.78 is 12.5. The van der Waals surface area contributed by atoms with E-state index in [1.807, 2.05) is 6.92 Å². The number of hydrogen-bond acceptors (Lipinski definition) is 1. The number of carbonyl (C=O) groups excluding carboxylic acids is 1. The van der Waals surface area contributed by atoms with Crippen molar-refractivity contribution in [3.63, 3.8) is 0 Å². The van der Waals surface area contributed by atoms with Gasteiger partial charge in [0.2, 0.25) is 5.91 Å². The zero-order chi connectivity index (χ0) is 9.42. The van der Waals surface area contributed by atoms with Gasteiger partial charge in [0, 0.05) is 5.57 Å². The molecule has 0 bridgehead atoms. The first-order valence-corrected chi connectivity index (χ1v) is 4.80. The van der Waals surface area contributed by atoms with E-state index in [0.29, 0.717) is 13.1 Å². The molecular weight excluding hydrogens is 169 g/mol. The topological polar surface area (TPSA) is 20.3 Å². The lowest BCUT2D eigenvalue weighted by Crippen LogP contribution is -2.51. The molecule has 1 aliphatic heterocycles. The lowest BCUT2D eigenvalue weighted by atomic mass is 10.1. The third kappa shape index (κ3) is 1.47. The number of nitrogens with zero attached hydrogens (tertiary/aromatic N) is 1. The van der Waals surface area contributed by atoms with Gasteiger partial charge in [0.15, 0.2) is 0 Å². The number of rotatable bonds is 1. The van der Waals surface area contributed by atoms with E-state index < -0.39 is 6.17 Å². The van der Waals surface area contributed by atoms with Gasteiger partial charge in [-0.25, -0.2) is 4.39 Å². The summed E-state index contributed by atoms with van der Waals surface area (Å²) in [7, 11) is 0. The summed E-state index contributed by atoms with van der Waals surface area (Å²) >= 11 is 0. The second kappa shape index (κ2) is 3.13. The number of carbonyl (C=O) groups is 1. The fourth-order valence-electron chi connectivity index (χ4n) is 1.97. The summed E-state index contributed by atoms with van der Waals surface area (Å²) in [5, 5.41) is 0. The Hall–Kier alpha value is -0.860. The molecule has 0 radical (unpaired) electrons. The minimum atomic E-state index is -0.786. The van der Waals surface area contributed by atoms with E-state index in [1.54, 1.807) is 4.90 Å². The first-order valence-electron chi connectivity index (χ1n) is 4.80. The van der Waals surface area contributed by atoms with Crippen LogP contribution in [0.5, 0.6) is 0 Å². The van der Waals surface area contributed by atoms with Crippen LogP contribution in [0.1, 0.15) is 26.2 Å². The lowest BCUT2D eigenvalue weighted by molar-refractivity contribution is -0.134. The van der Waals surface area contributed by atoms with Crippen LogP contribution < -0.4 is 0 Å². The Labute approximate surface area is 77.4 Å². The molecule has 1 heterocycles. The van der Waals surface area contributed by atoms with Crippen molar-refractivity contribution in [1.29, 1.82) is 0 Å². The second-order valence-corrected chi connectivity index (χ2v) is 3.92. The molecule has 2 rings (SSSR count). The van der Waals surface area contributed by atoms with Crippen LogP contribution in [-0.2, 0) is 4.79 Å². The Kier molecular flexibility index (Phi) is 2.10. The number of hydrogen-bond donors (Lipinski definition) is 0. The maximum atomic E-state index is 12.5. The van der Waals surface area contributed by atoms with Crippen molar-refractivity contribution >= 4 is 5.91 Å². The largest absolute Gasteiger partial charge is 0.333 e. The highest BCUT2D eigenvalue weighted by atomic mass is 19.1. The standard InChI is InChI=1S/C10H14FNO/c1-7-3-2-4-9(7)10(13)12-5-8(11)6-12/h8H,2-6H2,1H3. The van der Waals surface area contributed by atoms with E-state index >= 15 is 0 Å². The Morgan fingerprint density at radius 1 is 1.46 bits per heavy atom. The number of halogens is 1. The second-order valence-electron chi connectivity index (χ2n) is 3.92. The third-order valence-corrected chi connectivity index (χ3v) is 2.88. The van der Waals surface area contributed by atoms with E-state index in [0.717, 1.165) is 24.8 Å². The molecule has 0 saturated carbocycles. The van der Waals surface area contributed by atoms with Crippen molar-refractivity contribution in [3.05, 3.63) is 11.1 Å². The lowest BCUT2D eigenvalue weighted by Gasteiger charge is -2.34. The van der Waals surface area contributed by atoms with E-state index in [9.17, 15) is 9.18 Å². The first-order chi connectivity index (χ1) is 6.18. The van der Waals surface area contributed by atoms with Crippen LogP contribution in [0.3, 0.4) is 0 Å². The van der Waals surface area contributed by atoms with Gasteiger partial charge in [-0.1, -0.05) is 5.57 Å². The molecule has 2 aliphatic rings. The van der Waals surface area contributed by atoms with Crippen LogP contribution in [0.4, 0.5) is 4.39 Å². The molecule has 1 aliphatic carbocycles. The van der Waals surface area contributed by atoms with Gasteiger partial charge < -0.3 is 4.90 Å². The van der Waals surface area contributed by atoms with E-state index in [1.165, 1.54) is 5.57 Å². The zero-order valence-corrected chi connectivity index (χ0v) is 7.85. The monoisotopic (exact) mass is 183 g/mol. The van der Waals surface area contributed by atoms with Gasteiger partial charge in [-0.15, -0.1) is 0 Å². The SMILES string of the molecule is CC1=C(C(=O)N2CC(F)C2)CCC1. The van der Waals surface area contributed by atoms with Crippen LogP contribution in [0, 0.1) is 0 Å². The fourth-order valence-corrected chi connectivity index (χ4v) is 1.97.